The molecular formula is C27H37N3O2S. The fraction of sp³-hybridized carbons (Fsp3) is 0.481. The highest BCUT2D eigenvalue weighted by molar-refractivity contribution is 8.00. The normalized spacial score (nSPS) is 14.3. The fourth-order valence-electron chi connectivity index (χ4n) is 4.31. The molecule has 178 valence electrons. The number of hydrogen-bond acceptors (Lipinski definition) is 4. The Morgan fingerprint density at radius 3 is 2.42 bits per heavy atom. The first-order valence-corrected chi connectivity index (χ1v) is 13.0. The molecular weight excluding hydrogens is 430 g/mol. The predicted molar refractivity (Wildman–Crippen MR) is 137 cm³/mol. The minimum absolute atomic E-state index is 0.0723. The van der Waals surface area contributed by atoms with Crippen molar-refractivity contribution in [1.29, 1.82) is 0 Å². The molecule has 2 amide bonds. The van der Waals surface area contributed by atoms with Crippen molar-refractivity contribution in [3.05, 3.63) is 65.7 Å². The summed E-state index contributed by atoms with van der Waals surface area (Å²) in [5, 5.41) is 3.05. The summed E-state index contributed by atoms with van der Waals surface area (Å²) in [7, 11) is 4.02. The quantitative estimate of drug-likeness (QED) is 0.380. The molecule has 1 aliphatic carbocycles. The lowest BCUT2D eigenvalue weighted by Crippen LogP contribution is -2.39. The van der Waals surface area contributed by atoms with Crippen molar-refractivity contribution < 1.29 is 9.59 Å². The van der Waals surface area contributed by atoms with Crippen LogP contribution in [0.15, 0.2) is 59.5 Å². The van der Waals surface area contributed by atoms with Crippen LogP contribution in [0, 0.1) is 0 Å². The number of amides is 2. The zero-order chi connectivity index (χ0) is 23.5. The van der Waals surface area contributed by atoms with Crippen molar-refractivity contribution in [3.8, 4) is 0 Å². The van der Waals surface area contributed by atoms with E-state index in [2.05, 4.69) is 41.5 Å². The summed E-state index contributed by atoms with van der Waals surface area (Å²) in [4.78, 5) is 30.5. The average molecular weight is 468 g/mol. The Morgan fingerprint density at radius 1 is 0.970 bits per heavy atom. The van der Waals surface area contributed by atoms with Gasteiger partial charge in [0.1, 0.15) is 0 Å². The van der Waals surface area contributed by atoms with Gasteiger partial charge in [0.2, 0.25) is 5.91 Å². The fourth-order valence-corrected chi connectivity index (χ4v) is 5.29. The molecule has 0 radical (unpaired) electrons. The van der Waals surface area contributed by atoms with E-state index in [9.17, 15) is 9.59 Å². The van der Waals surface area contributed by atoms with Gasteiger partial charge in [-0.15, -0.1) is 11.8 Å². The molecule has 0 atom stereocenters. The number of hydrogen-bond donors (Lipinski definition) is 1. The van der Waals surface area contributed by atoms with Gasteiger partial charge in [0.25, 0.3) is 5.91 Å². The summed E-state index contributed by atoms with van der Waals surface area (Å²) in [6, 6.07) is 18.3. The van der Waals surface area contributed by atoms with Crippen LogP contribution in [0.25, 0.3) is 0 Å². The van der Waals surface area contributed by atoms with E-state index >= 15 is 0 Å². The maximum atomic E-state index is 12.8. The molecule has 1 fully saturated rings. The molecule has 1 aliphatic rings. The number of rotatable bonds is 11. The smallest absolute Gasteiger partial charge is 0.252 e. The lowest BCUT2D eigenvalue weighted by Gasteiger charge is -2.31. The molecule has 6 heteroatoms. The van der Waals surface area contributed by atoms with Gasteiger partial charge in [-0.1, -0.05) is 61.7 Å². The maximum absolute atomic E-state index is 12.8. The zero-order valence-electron chi connectivity index (χ0n) is 20.0. The molecule has 5 nitrogen and oxygen atoms in total. The van der Waals surface area contributed by atoms with Gasteiger partial charge in [0.05, 0.1) is 11.3 Å². The number of carbonyl (C=O) groups is 2. The van der Waals surface area contributed by atoms with Gasteiger partial charge in [-0.25, -0.2) is 0 Å². The van der Waals surface area contributed by atoms with Gasteiger partial charge in [-0.2, -0.15) is 0 Å². The van der Waals surface area contributed by atoms with Gasteiger partial charge < -0.3 is 15.1 Å². The van der Waals surface area contributed by atoms with E-state index in [-0.39, 0.29) is 11.8 Å². The van der Waals surface area contributed by atoms with Crippen LogP contribution in [-0.2, 0) is 11.3 Å². The third kappa shape index (κ3) is 8.20. The first kappa shape index (κ1) is 25.3. The molecule has 3 rings (SSSR count). The summed E-state index contributed by atoms with van der Waals surface area (Å²) in [5.41, 5.74) is 1.94. The van der Waals surface area contributed by atoms with Gasteiger partial charge in [0.15, 0.2) is 0 Å². The number of benzene rings is 2. The van der Waals surface area contributed by atoms with Gasteiger partial charge in [0, 0.05) is 31.1 Å². The highest BCUT2D eigenvalue weighted by Crippen LogP contribution is 2.25. The lowest BCUT2D eigenvalue weighted by atomic mass is 9.94. The van der Waals surface area contributed by atoms with Crippen LogP contribution >= 0.6 is 11.8 Å². The largest absolute Gasteiger partial charge is 0.352 e. The number of thioether (sulfide) groups is 1. The first-order valence-electron chi connectivity index (χ1n) is 12.0. The number of nitrogens with zero attached hydrogens (tertiary/aromatic N) is 2. The van der Waals surface area contributed by atoms with Gasteiger partial charge in [-0.05, 0) is 50.6 Å². The molecule has 0 unspecified atom stereocenters. The summed E-state index contributed by atoms with van der Waals surface area (Å²) < 4.78 is 0. The van der Waals surface area contributed by atoms with Crippen molar-refractivity contribution in [1.82, 2.24) is 15.1 Å². The highest BCUT2D eigenvalue weighted by atomic mass is 32.2. The minimum Gasteiger partial charge on any atom is -0.352 e. The van der Waals surface area contributed by atoms with Crippen molar-refractivity contribution >= 4 is 23.6 Å². The standard InChI is InChI=1S/C27H37N3O2S/c1-29(20-22-12-5-3-6-13-22)19-11-18-28-27(32)24-16-9-10-17-25(24)33-21-26(31)30(2)23-14-7-4-8-15-23/h3,5-6,9-10,12-13,16-17,23H,4,7-8,11,14-15,18-21H2,1-2H3,(H,28,32). The Morgan fingerprint density at radius 2 is 1.67 bits per heavy atom. The second kappa shape index (κ2) is 13.4. The van der Waals surface area contributed by atoms with Crippen molar-refractivity contribution in [2.24, 2.45) is 0 Å². The van der Waals surface area contributed by atoms with Crippen LogP contribution in [0.1, 0.15) is 54.4 Å². The molecule has 1 N–H and O–H groups in total. The monoisotopic (exact) mass is 467 g/mol. The second-order valence-electron chi connectivity index (χ2n) is 8.91. The third-order valence-corrected chi connectivity index (χ3v) is 7.35. The van der Waals surface area contributed by atoms with E-state index < -0.39 is 0 Å². The predicted octanol–water partition coefficient (Wildman–Crippen LogP) is 4.82. The van der Waals surface area contributed by atoms with Crippen LogP contribution in [0.3, 0.4) is 0 Å². The molecule has 0 aliphatic heterocycles. The Labute approximate surface area is 202 Å². The number of carbonyl (C=O) groups excluding carboxylic acids is 2. The highest BCUT2D eigenvalue weighted by Gasteiger charge is 2.22. The molecule has 33 heavy (non-hydrogen) atoms. The van der Waals surface area contributed by atoms with Crippen LogP contribution in [0.2, 0.25) is 0 Å². The third-order valence-electron chi connectivity index (χ3n) is 6.30. The van der Waals surface area contributed by atoms with Crippen molar-refractivity contribution in [2.45, 2.75) is 56.0 Å². The average Bonchev–Trinajstić information content (AvgIpc) is 2.86. The van der Waals surface area contributed by atoms with E-state index in [1.54, 1.807) is 0 Å². The lowest BCUT2D eigenvalue weighted by molar-refractivity contribution is -0.129. The second-order valence-corrected chi connectivity index (χ2v) is 9.93. The zero-order valence-corrected chi connectivity index (χ0v) is 20.8. The molecule has 2 aromatic rings. The van der Waals surface area contributed by atoms with Crippen LogP contribution < -0.4 is 5.32 Å². The van der Waals surface area contributed by atoms with Crippen LogP contribution in [-0.4, -0.2) is 60.6 Å². The Kier molecular flexibility index (Phi) is 10.3. The van der Waals surface area contributed by atoms with Gasteiger partial charge >= 0.3 is 0 Å². The molecule has 1 saturated carbocycles. The Hall–Kier alpha value is -2.31. The van der Waals surface area contributed by atoms with Crippen molar-refractivity contribution in [3.63, 3.8) is 0 Å². The molecule has 0 spiro atoms. The van der Waals surface area contributed by atoms with E-state index in [0.29, 0.717) is 23.9 Å². The van der Waals surface area contributed by atoms with E-state index in [1.807, 2.05) is 42.3 Å². The SMILES string of the molecule is CN(CCCNC(=O)c1ccccc1SCC(=O)N(C)C1CCCCC1)Cc1ccccc1. The van der Waals surface area contributed by atoms with E-state index in [0.717, 1.165) is 37.2 Å². The molecule has 2 aromatic carbocycles. The Balaban J connectivity index is 1.43. The van der Waals surface area contributed by atoms with Crippen LogP contribution in [0.5, 0.6) is 0 Å². The Bertz CT molecular complexity index is 884. The minimum atomic E-state index is -0.0723. The van der Waals surface area contributed by atoms with E-state index in [1.165, 1.54) is 36.6 Å². The topological polar surface area (TPSA) is 52.7 Å². The van der Waals surface area contributed by atoms with E-state index in [4.69, 9.17) is 0 Å². The van der Waals surface area contributed by atoms with Crippen molar-refractivity contribution in [2.75, 3.05) is 32.9 Å². The number of nitrogens with one attached hydrogen (secondary N) is 1. The summed E-state index contributed by atoms with van der Waals surface area (Å²) in [6.07, 6.45) is 6.79. The summed E-state index contributed by atoms with van der Waals surface area (Å²) in [5.74, 6) is 0.433. The molecule has 0 bridgehead atoms. The van der Waals surface area contributed by atoms with Crippen LogP contribution in [0.4, 0.5) is 0 Å². The molecule has 0 aromatic heterocycles. The summed E-state index contributed by atoms with van der Waals surface area (Å²) >= 11 is 1.46. The maximum Gasteiger partial charge on any atom is 0.252 e. The molecule has 0 heterocycles. The summed E-state index contributed by atoms with van der Waals surface area (Å²) in [6.45, 7) is 2.44. The van der Waals surface area contributed by atoms with Gasteiger partial charge in [-0.3, -0.25) is 9.59 Å². The first-order chi connectivity index (χ1) is 16.0. The molecule has 0 saturated heterocycles.